The summed E-state index contributed by atoms with van der Waals surface area (Å²) >= 11 is 0. The summed E-state index contributed by atoms with van der Waals surface area (Å²) in [4.78, 5) is 2.34. The molecule has 0 radical (unpaired) electrons. The van der Waals surface area contributed by atoms with Crippen LogP contribution in [0, 0.1) is 6.92 Å². The molecule has 3 nitrogen and oxygen atoms in total. The van der Waals surface area contributed by atoms with E-state index in [1.807, 2.05) is 48.5 Å². The maximum Gasteiger partial charge on any atom is 0.169 e. The Morgan fingerprint density at radius 2 is 1.50 bits per heavy atom. The molecule has 0 heterocycles. The van der Waals surface area contributed by atoms with E-state index in [1.54, 1.807) is 0 Å². The number of nitrogens with zero attached hydrogens (tertiary/aromatic N) is 1. The summed E-state index contributed by atoms with van der Waals surface area (Å²) < 4.78 is 11.8. The minimum Gasteiger partial charge on any atom is -0.488 e. The summed E-state index contributed by atoms with van der Waals surface area (Å²) in [6, 6.07) is 15.8. The number of rotatable bonds is 8. The molecule has 118 valence electrons. The maximum atomic E-state index is 5.94. The molecule has 0 aliphatic heterocycles. The lowest BCUT2D eigenvalue weighted by molar-refractivity contribution is 0.218. The van der Waals surface area contributed by atoms with E-state index < -0.39 is 0 Å². The van der Waals surface area contributed by atoms with Crippen LogP contribution in [0.2, 0.25) is 0 Å². The monoisotopic (exact) mass is 299 g/mol. The van der Waals surface area contributed by atoms with Crippen LogP contribution in [-0.4, -0.2) is 31.1 Å². The van der Waals surface area contributed by atoms with Crippen LogP contribution < -0.4 is 9.47 Å². The fraction of sp³-hybridized carbons (Fsp3) is 0.368. The van der Waals surface area contributed by atoms with Crippen molar-refractivity contribution in [3.63, 3.8) is 0 Å². The van der Waals surface area contributed by atoms with Crippen LogP contribution in [0.25, 0.3) is 0 Å². The van der Waals surface area contributed by atoms with Crippen LogP contribution in [0.1, 0.15) is 19.4 Å². The molecule has 0 saturated carbocycles. The number of benzene rings is 2. The van der Waals surface area contributed by atoms with Crippen molar-refractivity contribution >= 4 is 0 Å². The highest BCUT2D eigenvalue weighted by molar-refractivity contribution is 5.43. The lowest BCUT2D eigenvalue weighted by Gasteiger charge is -2.19. The summed E-state index contributed by atoms with van der Waals surface area (Å²) in [6.45, 7) is 10.1. The van der Waals surface area contributed by atoms with Crippen molar-refractivity contribution in [2.24, 2.45) is 0 Å². The van der Waals surface area contributed by atoms with Crippen molar-refractivity contribution in [1.29, 1.82) is 0 Å². The first-order chi connectivity index (χ1) is 10.7. The number of aryl methyl sites for hydroxylation is 1. The second-order valence-electron chi connectivity index (χ2n) is 5.24. The molecule has 3 heteroatoms. The van der Waals surface area contributed by atoms with Gasteiger partial charge in [0.1, 0.15) is 12.4 Å². The molecule has 0 aromatic heterocycles. The molecule has 0 aliphatic carbocycles. The fourth-order valence-electron chi connectivity index (χ4n) is 2.21. The molecule has 0 unspecified atom stereocenters. The topological polar surface area (TPSA) is 21.7 Å². The van der Waals surface area contributed by atoms with Gasteiger partial charge in [0, 0.05) is 6.54 Å². The summed E-state index contributed by atoms with van der Waals surface area (Å²) in [5, 5.41) is 0. The van der Waals surface area contributed by atoms with Gasteiger partial charge < -0.3 is 14.4 Å². The summed E-state index contributed by atoms with van der Waals surface area (Å²) in [7, 11) is 0. The Morgan fingerprint density at radius 1 is 0.864 bits per heavy atom. The first-order valence-electron chi connectivity index (χ1n) is 7.91. The van der Waals surface area contributed by atoms with Crippen LogP contribution in [0.4, 0.5) is 0 Å². The van der Waals surface area contributed by atoms with E-state index in [2.05, 4.69) is 25.7 Å². The van der Waals surface area contributed by atoms with Crippen molar-refractivity contribution in [3.05, 3.63) is 54.1 Å². The number of para-hydroxylation sites is 2. The Bertz CT molecular complexity index is 562. The van der Waals surface area contributed by atoms with Gasteiger partial charge in [-0.15, -0.1) is 0 Å². The van der Waals surface area contributed by atoms with Gasteiger partial charge in [-0.05, 0) is 44.3 Å². The average molecular weight is 299 g/mol. The molecule has 2 aromatic carbocycles. The molecule has 0 bridgehead atoms. The first-order valence-corrected chi connectivity index (χ1v) is 7.91. The largest absolute Gasteiger partial charge is 0.488 e. The molecule has 0 saturated heterocycles. The Kier molecular flexibility index (Phi) is 6.28. The van der Waals surface area contributed by atoms with Crippen molar-refractivity contribution < 1.29 is 9.47 Å². The summed E-state index contributed by atoms with van der Waals surface area (Å²) in [6.07, 6.45) is 0. The second kappa shape index (κ2) is 8.44. The summed E-state index contributed by atoms with van der Waals surface area (Å²) in [5.74, 6) is 2.37. The standard InChI is InChI=1S/C19H25NO2/c1-4-20(5-2)14-15-21-18-8-6-7-9-19(18)22-17-12-10-16(3)11-13-17/h6-13H,4-5,14-15H2,1-3H3. The Hall–Kier alpha value is -2.00. The van der Waals surface area contributed by atoms with E-state index >= 15 is 0 Å². The minimum absolute atomic E-state index is 0.663. The van der Waals surface area contributed by atoms with E-state index in [0.29, 0.717) is 6.61 Å². The van der Waals surface area contributed by atoms with Gasteiger partial charge in [0.15, 0.2) is 11.5 Å². The van der Waals surface area contributed by atoms with Gasteiger partial charge in [0.25, 0.3) is 0 Å². The molecule has 0 fully saturated rings. The van der Waals surface area contributed by atoms with Gasteiger partial charge in [-0.1, -0.05) is 43.7 Å². The number of hydrogen-bond donors (Lipinski definition) is 0. The van der Waals surface area contributed by atoms with Crippen molar-refractivity contribution in [3.8, 4) is 17.2 Å². The van der Waals surface area contributed by atoms with Crippen LogP contribution in [-0.2, 0) is 0 Å². The van der Waals surface area contributed by atoms with Gasteiger partial charge >= 0.3 is 0 Å². The van der Waals surface area contributed by atoms with Gasteiger partial charge in [-0.2, -0.15) is 0 Å². The maximum absolute atomic E-state index is 5.94. The zero-order chi connectivity index (χ0) is 15.8. The van der Waals surface area contributed by atoms with E-state index in [4.69, 9.17) is 9.47 Å². The third-order valence-electron chi connectivity index (χ3n) is 3.66. The Morgan fingerprint density at radius 3 is 2.14 bits per heavy atom. The van der Waals surface area contributed by atoms with Crippen LogP contribution >= 0.6 is 0 Å². The molecule has 0 spiro atoms. The molecule has 0 atom stereocenters. The quantitative estimate of drug-likeness (QED) is 0.716. The number of ether oxygens (including phenoxy) is 2. The Labute approximate surface area is 133 Å². The third kappa shape index (κ3) is 4.78. The third-order valence-corrected chi connectivity index (χ3v) is 3.66. The Balaban J connectivity index is 1.99. The van der Waals surface area contributed by atoms with Gasteiger partial charge in [0.2, 0.25) is 0 Å². The molecular weight excluding hydrogens is 274 g/mol. The fourth-order valence-corrected chi connectivity index (χ4v) is 2.21. The lowest BCUT2D eigenvalue weighted by atomic mass is 10.2. The van der Waals surface area contributed by atoms with Crippen LogP contribution in [0.5, 0.6) is 17.2 Å². The summed E-state index contributed by atoms with van der Waals surface area (Å²) in [5.41, 5.74) is 1.22. The number of hydrogen-bond acceptors (Lipinski definition) is 3. The highest BCUT2D eigenvalue weighted by Gasteiger charge is 2.06. The van der Waals surface area contributed by atoms with E-state index in [9.17, 15) is 0 Å². The van der Waals surface area contributed by atoms with Crippen molar-refractivity contribution in [2.45, 2.75) is 20.8 Å². The second-order valence-corrected chi connectivity index (χ2v) is 5.24. The first kappa shape index (κ1) is 16.4. The average Bonchev–Trinajstić information content (AvgIpc) is 2.55. The van der Waals surface area contributed by atoms with Crippen molar-refractivity contribution in [1.82, 2.24) is 4.90 Å². The predicted molar refractivity (Wildman–Crippen MR) is 91.0 cm³/mol. The molecule has 2 aromatic rings. The van der Waals surface area contributed by atoms with Crippen LogP contribution in [0.15, 0.2) is 48.5 Å². The molecule has 0 N–H and O–H groups in total. The molecule has 0 amide bonds. The lowest BCUT2D eigenvalue weighted by Crippen LogP contribution is -2.27. The SMILES string of the molecule is CCN(CC)CCOc1ccccc1Oc1ccc(C)cc1. The van der Waals surface area contributed by atoms with Gasteiger partial charge in [-0.3, -0.25) is 0 Å². The zero-order valence-electron chi connectivity index (χ0n) is 13.7. The highest BCUT2D eigenvalue weighted by atomic mass is 16.5. The zero-order valence-corrected chi connectivity index (χ0v) is 13.7. The molecule has 2 rings (SSSR count). The van der Waals surface area contributed by atoms with E-state index in [1.165, 1.54) is 5.56 Å². The normalized spacial score (nSPS) is 10.7. The molecular formula is C19H25NO2. The van der Waals surface area contributed by atoms with Gasteiger partial charge in [-0.25, -0.2) is 0 Å². The number of likely N-dealkylation sites (N-methyl/N-ethyl adjacent to an activating group) is 1. The van der Waals surface area contributed by atoms with Crippen LogP contribution in [0.3, 0.4) is 0 Å². The highest BCUT2D eigenvalue weighted by Crippen LogP contribution is 2.31. The molecule has 0 aliphatic rings. The smallest absolute Gasteiger partial charge is 0.169 e. The van der Waals surface area contributed by atoms with E-state index in [0.717, 1.165) is 36.9 Å². The minimum atomic E-state index is 0.663. The predicted octanol–water partition coefficient (Wildman–Crippen LogP) is 4.51. The van der Waals surface area contributed by atoms with E-state index in [-0.39, 0.29) is 0 Å². The van der Waals surface area contributed by atoms with Gasteiger partial charge in [0.05, 0.1) is 0 Å². The van der Waals surface area contributed by atoms with Crippen molar-refractivity contribution in [2.75, 3.05) is 26.2 Å². The molecule has 22 heavy (non-hydrogen) atoms.